The highest BCUT2D eigenvalue weighted by Crippen LogP contribution is 2.34. The zero-order valence-electron chi connectivity index (χ0n) is 23.9. The second-order valence-corrected chi connectivity index (χ2v) is 10.9. The number of carboxylic acids is 1. The van der Waals surface area contributed by atoms with E-state index in [9.17, 15) is 18.0 Å². The van der Waals surface area contributed by atoms with E-state index in [0.29, 0.717) is 30.2 Å². The van der Waals surface area contributed by atoms with Gasteiger partial charge in [0.1, 0.15) is 11.5 Å². The van der Waals surface area contributed by atoms with Crippen LogP contribution in [0.15, 0.2) is 48.5 Å². The highest BCUT2D eigenvalue weighted by molar-refractivity contribution is 5.80. The van der Waals surface area contributed by atoms with E-state index in [-0.39, 0.29) is 11.9 Å². The monoisotopic (exact) mass is 576 g/mol. The van der Waals surface area contributed by atoms with E-state index in [1.54, 1.807) is 0 Å². The summed E-state index contributed by atoms with van der Waals surface area (Å²) in [5.41, 5.74) is 8.14. The molecule has 0 bridgehead atoms. The number of hydrogen-bond acceptors (Lipinski definition) is 5. The van der Waals surface area contributed by atoms with Gasteiger partial charge >= 0.3 is 12.1 Å². The molecule has 1 aliphatic carbocycles. The number of hydrogen-bond donors (Lipinski definition) is 2. The van der Waals surface area contributed by atoms with Crippen LogP contribution >= 0.6 is 0 Å². The summed E-state index contributed by atoms with van der Waals surface area (Å²) >= 11 is 0. The average Bonchev–Trinajstić information content (AvgIpc) is 3.23. The first kappa shape index (κ1) is 31.8. The molecule has 3 aromatic rings. The zero-order chi connectivity index (χ0) is 30.3. The molecule has 1 saturated carbocycles. The third kappa shape index (κ3) is 8.61. The van der Waals surface area contributed by atoms with Crippen LogP contribution in [0.2, 0.25) is 0 Å². The van der Waals surface area contributed by atoms with Crippen molar-refractivity contribution in [2.24, 2.45) is 11.8 Å². The standard InChI is InChI=1S/C28H38N4O2.C2HF3O2/c1-5-21(11-14-27(33)31(4)22-16-19(2)15-20(3)17-22)32-26-18-24(12-13-25(26)30-28(32)29)34-23-9-7-6-8-10-23;3-2(4,5)1(6)7/h6-10,12-13,18-22H,5,11,14-17H2,1-4H3,(H2,29,30);(H,6,7). The van der Waals surface area contributed by atoms with Gasteiger partial charge in [-0.3, -0.25) is 4.79 Å². The maximum atomic E-state index is 13.1. The number of carboxylic acid groups (broad SMARTS) is 1. The second kappa shape index (κ2) is 13.7. The van der Waals surface area contributed by atoms with Crippen molar-refractivity contribution in [3.05, 3.63) is 48.5 Å². The number of fused-ring (bicyclic) bond motifs is 1. The fourth-order valence-electron chi connectivity index (χ4n) is 5.57. The van der Waals surface area contributed by atoms with Crippen molar-refractivity contribution in [2.75, 3.05) is 12.8 Å². The number of halogens is 3. The summed E-state index contributed by atoms with van der Waals surface area (Å²) in [6, 6.07) is 16.0. The predicted octanol–water partition coefficient (Wildman–Crippen LogP) is 7.06. The molecular weight excluding hydrogens is 537 g/mol. The lowest BCUT2D eigenvalue weighted by Gasteiger charge is -2.37. The highest BCUT2D eigenvalue weighted by atomic mass is 19.4. The molecule has 1 amide bonds. The summed E-state index contributed by atoms with van der Waals surface area (Å²) in [5, 5.41) is 7.12. The Morgan fingerprint density at radius 2 is 1.71 bits per heavy atom. The van der Waals surface area contributed by atoms with Crippen molar-refractivity contribution >= 4 is 28.9 Å². The Balaban J connectivity index is 0.000000587. The number of aliphatic carboxylic acids is 1. The van der Waals surface area contributed by atoms with E-state index >= 15 is 0 Å². The maximum Gasteiger partial charge on any atom is 0.490 e. The summed E-state index contributed by atoms with van der Waals surface area (Å²) < 4.78 is 39.8. The van der Waals surface area contributed by atoms with E-state index in [4.69, 9.17) is 20.4 Å². The molecule has 1 heterocycles. The molecule has 0 radical (unpaired) electrons. The molecule has 11 heteroatoms. The summed E-state index contributed by atoms with van der Waals surface area (Å²) in [6.45, 7) is 6.74. The summed E-state index contributed by atoms with van der Waals surface area (Å²) in [4.78, 5) is 28.6. The van der Waals surface area contributed by atoms with Crippen LogP contribution in [0.3, 0.4) is 0 Å². The Bertz CT molecular complexity index is 1300. The number of para-hydroxylation sites is 1. The van der Waals surface area contributed by atoms with Crippen molar-refractivity contribution in [3.63, 3.8) is 0 Å². The minimum atomic E-state index is -5.08. The van der Waals surface area contributed by atoms with Crippen molar-refractivity contribution in [2.45, 2.75) is 77.6 Å². The molecule has 2 aromatic carbocycles. The third-order valence-corrected chi connectivity index (χ3v) is 7.53. The second-order valence-electron chi connectivity index (χ2n) is 10.9. The van der Waals surface area contributed by atoms with Crippen LogP contribution in [0.5, 0.6) is 11.5 Å². The smallest absolute Gasteiger partial charge is 0.475 e. The van der Waals surface area contributed by atoms with Crippen LogP contribution in [0.25, 0.3) is 11.0 Å². The van der Waals surface area contributed by atoms with Gasteiger partial charge in [-0.1, -0.05) is 39.0 Å². The fraction of sp³-hybridized carbons (Fsp3) is 0.500. The number of amides is 1. The Labute approximate surface area is 238 Å². The van der Waals surface area contributed by atoms with Gasteiger partial charge in [0.15, 0.2) is 0 Å². The van der Waals surface area contributed by atoms with Crippen molar-refractivity contribution in [1.29, 1.82) is 0 Å². The quantitative estimate of drug-likeness (QED) is 0.297. The van der Waals surface area contributed by atoms with Crippen LogP contribution < -0.4 is 10.5 Å². The molecule has 41 heavy (non-hydrogen) atoms. The third-order valence-electron chi connectivity index (χ3n) is 7.53. The van der Waals surface area contributed by atoms with Gasteiger partial charge in [-0.25, -0.2) is 9.78 Å². The molecule has 224 valence electrons. The zero-order valence-corrected chi connectivity index (χ0v) is 23.9. The Morgan fingerprint density at radius 3 is 2.27 bits per heavy atom. The summed E-state index contributed by atoms with van der Waals surface area (Å²) in [5.74, 6) is 0.829. The SMILES string of the molecule is CCC(CCC(=O)N(C)C1CC(C)CC(C)C1)n1c(N)nc2ccc(Oc3ccccc3)cc21.O=C(O)C(F)(F)F. The molecule has 1 aliphatic rings. The lowest BCUT2D eigenvalue weighted by molar-refractivity contribution is -0.192. The van der Waals surface area contributed by atoms with Crippen LogP contribution in [0, 0.1) is 11.8 Å². The molecule has 3 atom stereocenters. The van der Waals surface area contributed by atoms with Crippen LogP contribution in [-0.4, -0.2) is 50.7 Å². The van der Waals surface area contributed by atoms with Crippen LogP contribution in [-0.2, 0) is 9.59 Å². The Hall–Kier alpha value is -3.76. The lowest BCUT2D eigenvalue weighted by Crippen LogP contribution is -2.41. The molecule has 3 N–H and O–H groups in total. The molecular formula is C30H39F3N4O4. The number of rotatable bonds is 8. The Morgan fingerprint density at radius 1 is 1.10 bits per heavy atom. The number of aromatic nitrogens is 2. The van der Waals surface area contributed by atoms with Crippen LogP contribution in [0.4, 0.5) is 19.1 Å². The first-order chi connectivity index (χ1) is 19.3. The van der Waals surface area contributed by atoms with Crippen LogP contribution in [0.1, 0.15) is 65.3 Å². The first-order valence-corrected chi connectivity index (χ1v) is 13.9. The maximum absolute atomic E-state index is 13.1. The molecule has 3 unspecified atom stereocenters. The van der Waals surface area contributed by atoms with Crippen molar-refractivity contribution in [1.82, 2.24) is 14.5 Å². The molecule has 0 saturated heterocycles. The van der Waals surface area contributed by atoms with Gasteiger partial charge in [-0.05, 0) is 68.2 Å². The highest BCUT2D eigenvalue weighted by Gasteiger charge is 2.38. The van der Waals surface area contributed by atoms with E-state index in [2.05, 4.69) is 30.3 Å². The van der Waals surface area contributed by atoms with Gasteiger partial charge in [0.05, 0.1) is 11.0 Å². The number of nitrogen functional groups attached to an aromatic ring is 1. The normalized spacial score (nSPS) is 19.6. The van der Waals surface area contributed by atoms with Crippen molar-refractivity contribution in [3.8, 4) is 11.5 Å². The van der Waals surface area contributed by atoms with Gasteiger partial charge in [0.2, 0.25) is 11.9 Å². The minimum absolute atomic E-state index is 0.0959. The number of alkyl halides is 3. The first-order valence-electron chi connectivity index (χ1n) is 13.9. The number of anilines is 1. The molecule has 0 aliphatic heterocycles. The molecule has 4 rings (SSSR count). The number of benzene rings is 2. The largest absolute Gasteiger partial charge is 0.490 e. The van der Waals surface area contributed by atoms with Gasteiger partial charge in [0.25, 0.3) is 0 Å². The van der Waals surface area contributed by atoms with Gasteiger partial charge in [-0.15, -0.1) is 0 Å². The van der Waals surface area contributed by atoms with E-state index in [1.165, 1.54) is 6.42 Å². The van der Waals surface area contributed by atoms with Gasteiger partial charge < -0.3 is 25.0 Å². The number of carbonyl (C=O) groups excluding carboxylic acids is 1. The van der Waals surface area contributed by atoms with Crippen molar-refractivity contribution < 1.29 is 32.6 Å². The fourth-order valence-corrected chi connectivity index (χ4v) is 5.57. The number of carbonyl (C=O) groups is 2. The van der Waals surface area contributed by atoms with E-state index in [0.717, 1.165) is 48.2 Å². The number of ether oxygens (including phenoxy) is 1. The molecule has 1 aromatic heterocycles. The topological polar surface area (TPSA) is 111 Å². The number of nitrogens with zero attached hydrogens (tertiary/aromatic N) is 3. The number of imidazole rings is 1. The number of nitrogens with two attached hydrogens (primary N) is 1. The lowest BCUT2D eigenvalue weighted by atomic mass is 9.80. The predicted molar refractivity (Wildman–Crippen MR) is 152 cm³/mol. The van der Waals surface area contributed by atoms with Gasteiger partial charge in [-0.2, -0.15) is 13.2 Å². The summed E-state index contributed by atoms with van der Waals surface area (Å²) in [7, 11) is 1.98. The van der Waals surface area contributed by atoms with E-state index in [1.807, 2.05) is 60.5 Å². The minimum Gasteiger partial charge on any atom is -0.475 e. The summed E-state index contributed by atoms with van der Waals surface area (Å²) in [6.07, 6.45) is 0.498. The van der Waals surface area contributed by atoms with E-state index < -0.39 is 12.1 Å². The molecule has 0 spiro atoms. The average molecular weight is 577 g/mol. The van der Waals surface area contributed by atoms with Gasteiger partial charge in [0, 0.05) is 31.6 Å². The molecule has 8 nitrogen and oxygen atoms in total. The molecule has 1 fully saturated rings. The Kier molecular flexibility index (Phi) is 10.6.